The minimum absolute atomic E-state index is 0.0370. The molecule has 0 bridgehead atoms. The topological polar surface area (TPSA) is 61.9 Å². The number of nitrogens with zero attached hydrogens (tertiary/aromatic N) is 3. The number of carbonyl (C=O) groups excluding carboxylic acids is 1. The standard InChI is InChI=1S/C8H12N4OS/c13-8(7-9-6-10-11-7)12-2-1-4-14-5-3-12/h6H,1-5H2,(H,9,10,11). The van der Waals surface area contributed by atoms with Crippen LogP contribution in [-0.2, 0) is 0 Å². The molecule has 0 aromatic carbocycles. The van der Waals surface area contributed by atoms with E-state index in [9.17, 15) is 4.79 Å². The van der Waals surface area contributed by atoms with Gasteiger partial charge in [-0.3, -0.25) is 9.89 Å². The van der Waals surface area contributed by atoms with Gasteiger partial charge in [0.15, 0.2) is 0 Å². The lowest BCUT2D eigenvalue weighted by Crippen LogP contribution is -2.33. The van der Waals surface area contributed by atoms with Crippen LogP contribution in [0.25, 0.3) is 0 Å². The number of hydrogen-bond acceptors (Lipinski definition) is 4. The summed E-state index contributed by atoms with van der Waals surface area (Å²) in [4.78, 5) is 17.5. The Morgan fingerprint density at radius 2 is 2.43 bits per heavy atom. The van der Waals surface area contributed by atoms with Crippen LogP contribution < -0.4 is 0 Å². The van der Waals surface area contributed by atoms with Crippen LogP contribution in [0.4, 0.5) is 0 Å². The zero-order chi connectivity index (χ0) is 9.80. The molecule has 5 nitrogen and oxygen atoms in total. The second-order valence-corrected chi connectivity index (χ2v) is 4.32. The molecule has 1 fully saturated rings. The van der Waals surface area contributed by atoms with E-state index in [4.69, 9.17) is 0 Å². The highest BCUT2D eigenvalue weighted by Gasteiger charge is 2.19. The average Bonchev–Trinajstić information content (AvgIpc) is 2.59. The molecule has 0 spiro atoms. The van der Waals surface area contributed by atoms with E-state index in [0.29, 0.717) is 5.82 Å². The van der Waals surface area contributed by atoms with Gasteiger partial charge in [-0.2, -0.15) is 16.9 Å². The van der Waals surface area contributed by atoms with Crippen LogP contribution in [-0.4, -0.2) is 50.6 Å². The van der Waals surface area contributed by atoms with Crippen LogP contribution >= 0.6 is 11.8 Å². The lowest BCUT2D eigenvalue weighted by Gasteiger charge is -2.17. The number of amides is 1. The smallest absolute Gasteiger partial charge is 0.291 e. The van der Waals surface area contributed by atoms with E-state index < -0.39 is 0 Å². The highest BCUT2D eigenvalue weighted by molar-refractivity contribution is 7.99. The number of thioether (sulfide) groups is 1. The van der Waals surface area contributed by atoms with E-state index in [1.165, 1.54) is 6.33 Å². The van der Waals surface area contributed by atoms with Crippen molar-refractivity contribution in [3.05, 3.63) is 12.2 Å². The van der Waals surface area contributed by atoms with Crippen molar-refractivity contribution >= 4 is 17.7 Å². The molecule has 14 heavy (non-hydrogen) atoms. The third-order valence-electron chi connectivity index (χ3n) is 2.13. The summed E-state index contributed by atoms with van der Waals surface area (Å²) >= 11 is 1.89. The summed E-state index contributed by atoms with van der Waals surface area (Å²) in [5, 5.41) is 6.27. The van der Waals surface area contributed by atoms with Crippen molar-refractivity contribution in [2.45, 2.75) is 6.42 Å². The summed E-state index contributed by atoms with van der Waals surface area (Å²) in [6.07, 6.45) is 2.42. The predicted octanol–water partition coefficient (Wildman–Crippen LogP) is 0.384. The second kappa shape index (κ2) is 4.45. The van der Waals surface area contributed by atoms with Gasteiger partial charge in [-0.15, -0.1) is 0 Å². The van der Waals surface area contributed by atoms with Crippen molar-refractivity contribution < 1.29 is 4.79 Å². The Labute approximate surface area is 86.3 Å². The number of hydrogen-bond donors (Lipinski definition) is 1. The van der Waals surface area contributed by atoms with Gasteiger partial charge in [0, 0.05) is 18.8 Å². The maximum absolute atomic E-state index is 11.8. The number of aromatic nitrogens is 3. The molecule has 0 unspecified atom stereocenters. The first kappa shape index (κ1) is 9.51. The maximum Gasteiger partial charge on any atom is 0.291 e. The highest BCUT2D eigenvalue weighted by Crippen LogP contribution is 2.11. The Kier molecular flexibility index (Phi) is 3.03. The number of H-pyrrole nitrogens is 1. The lowest BCUT2D eigenvalue weighted by molar-refractivity contribution is 0.0757. The predicted molar refractivity (Wildman–Crippen MR) is 54.2 cm³/mol. The lowest BCUT2D eigenvalue weighted by atomic mass is 10.4. The third-order valence-corrected chi connectivity index (χ3v) is 3.18. The molecule has 1 amide bonds. The molecule has 0 aliphatic carbocycles. The minimum atomic E-state index is -0.0370. The first-order valence-corrected chi connectivity index (χ1v) is 5.76. The van der Waals surface area contributed by atoms with Crippen LogP contribution in [0.2, 0.25) is 0 Å². The molecule has 1 aromatic heterocycles. The van der Waals surface area contributed by atoms with Crippen LogP contribution in [0.15, 0.2) is 6.33 Å². The van der Waals surface area contributed by atoms with Gasteiger partial charge >= 0.3 is 0 Å². The summed E-state index contributed by atoms with van der Waals surface area (Å²) < 4.78 is 0. The molecule has 0 saturated carbocycles. The zero-order valence-corrected chi connectivity index (χ0v) is 8.59. The Hall–Kier alpha value is -1.04. The first-order chi connectivity index (χ1) is 6.88. The SMILES string of the molecule is O=C(c1ncn[nH]1)N1CCCSCC1. The van der Waals surface area contributed by atoms with Crippen molar-refractivity contribution in [1.82, 2.24) is 20.1 Å². The first-order valence-electron chi connectivity index (χ1n) is 4.60. The second-order valence-electron chi connectivity index (χ2n) is 3.09. The van der Waals surface area contributed by atoms with E-state index in [1.807, 2.05) is 16.7 Å². The largest absolute Gasteiger partial charge is 0.335 e. The van der Waals surface area contributed by atoms with Crippen molar-refractivity contribution in [3.63, 3.8) is 0 Å². The van der Waals surface area contributed by atoms with Gasteiger partial charge in [0.25, 0.3) is 5.91 Å². The molecule has 0 radical (unpaired) electrons. The molecule has 1 aliphatic heterocycles. The van der Waals surface area contributed by atoms with Crippen molar-refractivity contribution in [2.75, 3.05) is 24.6 Å². The third kappa shape index (κ3) is 2.06. The van der Waals surface area contributed by atoms with Crippen LogP contribution in [0.1, 0.15) is 17.0 Å². The van der Waals surface area contributed by atoms with Gasteiger partial charge in [-0.1, -0.05) is 0 Å². The summed E-state index contributed by atoms with van der Waals surface area (Å²) in [5.41, 5.74) is 0. The average molecular weight is 212 g/mol. The Morgan fingerprint density at radius 1 is 1.50 bits per heavy atom. The molecule has 1 saturated heterocycles. The number of carbonyl (C=O) groups is 1. The van der Waals surface area contributed by atoms with Crippen molar-refractivity contribution in [2.24, 2.45) is 0 Å². The van der Waals surface area contributed by atoms with E-state index in [-0.39, 0.29) is 5.91 Å². The molecule has 2 rings (SSSR count). The Balaban J connectivity index is 2.03. The van der Waals surface area contributed by atoms with E-state index >= 15 is 0 Å². The molecular formula is C8H12N4OS. The van der Waals surface area contributed by atoms with E-state index in [1.54, 1.807) is 0 Å². The normalized spacial score (nSPS) is 17.9. The van der Waals surface area contributed by atoms with E-state index in [2.05, 4.69) is 15.2 Å². The minimum Gasteiger partial charge on any atom is -0.335 e. The van der Waals surface area contributed by atoms with Crippen LogP contribution in [0.3, 0.4) is 0 Å². The summed E-state index contributed by atoms with van der Waals surface area (Å²) in [6.45, 7) is 1.64. The highest BCUT2D eigenvalue weighted by atomic mass is 32.2. The molecule has 1 aliphatic rings. The maximum atomic E-state index is 11.8. The van der Waals surface area contributed by atoms with Crippen LogP contribution in [0.5, 0.6) is 0 Å². The molecule has 76 valence electrons. The monoisotopic (exact) mass is 212 g/mol. The van der Waals surface area contributed by atoms with Crippen LogP contribution in [0, 0.1) is 0 Å². The van der Waals surface area contributed by atoms with Crippen molar-refractivity contribution in [3.8, 4) is 0 Å². The van der Waals surface area contributed by atoms with Gasteiger partial charge in [0.2, 0.25) is 5.82 Å². The van der Waals surface area contributed by atoms with Gasteiger partial charge in [-0.25, -0.2) is 4.98 Å². The fraction of sp³-hybridized carbons (Fsp3) is 0.625. The number of aromatic amines is 1. The van der Waals surface area contributed by atoms with Gasteiger partial charge in [-0.05, 0) is 12.2 Å². The van der Waals surface area contributed by atoms with Gasteiger partial charge in [0.1, 0.15) is 6.33 Å². The molecule has 1 N–H and O–H groups in total. The van der Waals surface area contributed by atoms with E-state index in [0.717, 1.165) is 31.0 Å². The van der Waals surface area contributed by atoms with Gasteiger partial charge in [0.05, 0.1) is 0 Å². The Bertz CT molecular complexity index is 292. The fourth-order valence-corrected chi connectivity index (χ4v) is 2.29. The fourth-order valence-electron chi connectivity index (χ4n) is 1.41. The molecule has 2 heterocycles. The number of rotatable bonds is 1. The quantitative estimate of drug-likeness (QED) is 0.731. The molecular weight excluding hydrogens is 200 g/mol. The Morgan fingerprint density at radius 3 is 3.21 bits per heavy atom. The van der Waals surface area contributed by atoms with Gasteiger partial charge < -0.3 is 4.90 Å². The summed E-state index contributed by atoms with van der Waals surface area (Å²) in [7, 11) is 0. The molecule has 6 heteroatoms. The number of nitrogens with one attached hydrogen (secondary N) is 1. The zero-order valence-electron chi connectivity index (χ0n) is 7.77. The summed E-state index contributed by atoms with van der Waals surface area (Å²) in [5.74, 6) is 2.46. The summed E-state index contributed by atoms with van der Waals surface area (Å²) in [6, 6.07) is 0. The molecule has 0 atom stereocenters. The molecule has 1 aromatic rings. The van der Waals surface area contributed by atoms with Crippen molar-refractivity contribution in [1.29, 1.82) is 0 Å².